The quantitative estimate of drug-likeness (QED) is 0.334. The van der Waals surface area contributed by atoms with Crippen LogP contribution in [0.4, 0.5) is 5.69 Å². The van der Waals surface area contributed by atoms with Crippen LogP contribution in [0.5, 0.6) is 11.5 Å². The fourth-order valence-corrected chi connectivity index (χ4v) is 2.96. The fourth-order valence-electron chi connectivity index (χ4n) is 2.15. The Hall–Kier alpha value is -2.39. The monoisotopic (exact) mass is 511 g/mol. The molecule has 148 valence electrons. The Balaban J connectivity index is 2.01. The Morgan fingerprint density at radius 3 is 2.32 bits per heavy atom. The first-order valence-corrected chi connectivity index (χ1v) is 9.75. The Morgan fingerprint density at radius 1 is 1.04 bits per heavy atom. The molecule has 7 nitrogen and oxygen atoms in total. The van der Waals surface area contributed by atoms with E-state index in [2.05, 4.69) is 47.7 Å². The second-order valence-electron chi connectivity index (χ2n) is 5.65. The summed E-state index contributed by atoms with van der Waals surface area (Å²) < 4.78 is 11.9. The number of benzene rings is 2. The molecule has 0 aliphatic heterocycles. The van der Waals surface area contributed by atoms with Gasteiger partial charge < -0.3 is 14.8 Å². The first-order chi connectivity index (χ1) is 13.4. The maximum absolute atomic E-state index is 12.3. The molecule has 0 aliphatic rings. The summed E-state index contributed by atoms with van der Waals surface area (Å²) in [5.74, 6) is -0.810. The summed E-state index contributed by atoms with van der Waals surface area (Å²) >= 11 is 6.75. The molecule has 0 aliphatic carbocycles. The number of ether oxygens (including phenoxy) is 2. The summed E-state index contributed by atoms with van der Waals surface area (Å²) in [6.45, 7) is 1.50. The average molecular weight is 513 g/mol. The van der Waals surface area contributed by atoms with Crippen LogP contribution < -0.4 is 20.2 Å². The first-order valence-electron chi connectivity index (χ1n) is 8.17. The largest absolute Gasteiger partial charge is 0.493 e. The number of amides is 2. The van der Waals surface area contributed by atoms with Gasteiger partial charge in [0.05, 0.1) is 26.1 Å². The predicted molar refractivity (Wildman–Crippen MR) is 115 cm³/mol. The van der Waals surface area contributed by atoms with Crippen molar-refractivity contribution in [3.8, 4) is 11.5 Å². The molecule has 0 aromatic heterocycles. The van der Waals surface area contributed by atoms with E-state index in [4.69, 9.17) is 9.47 Å². The number of nitrogens with one attached hydrogen (secondary N) is 2. The van der Waals surface area contributed by atoms with E-state index >= 15 is 0 Å². The zero-order chi connectivity index (χ0) is 20.7. The number of carbonyl (C=O) groups is 2. The summed E-state index contributed by atoms with van der Waals surface area (Å²) in [4.78, 5) is 24.5. The molecule has 0 saturated heterocycles. The molecule has 9 heteroatoms. The normalized spacial score (nSPS) is 11.8. The summed E-state index contributed by atoms with van der Waals surface area (Å²) in [5, 5.41) is 6.62. The van der Waals surface area contributed by atoms with Crippen molar-refractivity contribution >= 4 is 55.6 Å². The highest BCUT2D eigenvalue weighted by molar-refractivity contribution is 9.11. The topological polar surface area (TPSA) is 89.0 Å². The molecule has 0 fully saturated rings. The number of hydrogen-bond acceptors (Lipinski definition) is 5. The van der Waals surface area contributed by atoms with Gasteiger partial charge in [0.25, 0.3) is 5.91 Å². The zero-order valence-corrected chi connectivity index (χ0v) is 18.6. The van der Waals surface area contributed by atoms with Gasteiger partial charge in [-0.2, -0.15) is 5.10 Å². The van der Waals surface area contributed by atoms with Crippen LogP contribution in [-0.4, -0.2) is 32.2 Å². The molecule has 0 bridgehead atoms. The summed E-state index contributed by atoms with van der Waals surface area (Å²) in [5.41, 5.74) is 3.63. The second kappa shape index (κ2) is 10.2. The molecule has 0 radical (unpaired) electrons. The lowest BCUT2D eigenvalue weighted by Gasteiger charge is -2.12. The smallest absolute Gasteiger partial charge is 0.252 e. The van der Waals surface area contributed by atoms with Crippen LogP contribution in [0.25, 0.3) is 0 Å². The highest BCUT2D eigenvalue weighted by atomic mass is 79.9. The highest BCUT2D eigenvalue weighted by Gasteiger charge is 2.21. The first kappa shape index (κ1) is 21.9. The van der Waals surface area contributed by atoms with Crippen molar-refractivity contribution in [1.82, 2.24) is 5.43 Å². The summed E-state index contributed by atoms with van der Waals surface area (Å²) in [6, 6.07) is 10.6. The maximum atomic E-state index is 12.3. The highest BCUT2D eigenvalue weighted by Crippen LogP contribution is 2.32. The standard InChI is InChI=1S/C19H19Br2N3O4/c1-11(18(25)23-15-7-5-4-6-13(15)20)19(26)24-22-10-12-8-16(27-2)17(28-3)9-14(12)21/h4-11H,1-3H3,(H,23,25)(H,24,26). The minimum absolute atomic E-state index is 0.438. The number of nitrogens with zero attached hydrogens (tertiary/aromatic N) is 1. The molecular formula is C19H19Br2N3O4. The van der Waals surface area contributed by atoms with Gasteiger partial charge in [-0.25, -0.2) is 5.43 Å². The van der Waals surface area contributed by atoms with Gasteiger partial charge in [-0.15, -0.1) is 0 Å². The maximum Gasteiger partial charge on any atom is 0.252 e. The van der Waals surface area contributed by atoms with Crippen molar-refractivity contribution in [2.24, 2.45) is 11.0 Å². The third-order valence-electron chi connectivity index (χ3n) is 3.80. The van der Waals surface area contributed by atoms with E-state index in [1.165, 1.54) is 20.2 Å². The Kier molecular flexibility index (Phi) is 8.01. The van der Waals surface area contributed by atoms with Gasteiger partial charge in [0.15, 0.2) is 11.5 Å². The minimum atomic E-state index is -0.932. The van der Waals surface area contributed by atoms with Crippen LogP contribution in [-0.2, 0) is 9.59 Å². The number of anilines is 1. The minimum Gasteiger partial charge on any atom is -0.493 e. The van der Waals surface area contributed by atoms with Gasteiger partial charge in [0.2, 0.25) is 5.91 Å². The van der Waals surface area contributed by atoms with E-state index in [-0.39, 0.29) is 0 Å². The van der Waals surface area contributed by atoms with Gasteiger partial charge >= 0.3 is 0 Å². The van der Waals surface area contributed by atoms with Crippen LogP contribution in [0, 0.1) is 5.92 Å². The van der Waals surface area contributed by atoms with E-state index in [1.807, 2.05) is 6.07 Å². The SMILES string of the molecule is COc1cc(Br)c(C=NNC(=O)C(C)C(=O)Nc2ccccc2Br)cc1OC. The van der Waals surface area contributed by atoms with E-state index in [9.17, 15) is 9.59 Å². The lowest BCUT2D eigenvalue weighted by atomic mass is 10.1. The molecule has 1 unspecified atom stereocenters. The molecule has 2 aromatic carbocycles. The number of halogens is 2. The van der Waals surface area contributed by atoms with E-state index in [1.54, 1.807) is 37.4 Å². The van der Waals surface area contributed by atoms with E-state index in [0.717, 1.165) is 4.47 Å². The van der Waals surface area contributed by atoms with Crippen LogP contribution in [0.3, 0.4) is 0 Å². The van der Waals surface area contributed by atoms with Crippen molar-refractivity contribution in [2.75, 3.05) is 19.5 Å². The molecule has 0 heterocycles. The van der Waals surface area contributed by atoms with Crippen molar-refractivity contribution in [2.45, 2.75) is 6.92 Å². The molecule has 28 heavy (non-hydrogen) atoms. The number of hydrogen-bond donors (Lipinski definition) is 2. The van der Waals surface area contributed by atoms with Crippen molar-refractivity contribution in [3.63, 3.8) is 0 Å². The molecule has 2 amide bonds. The van der Waals surface area contributed by atoms with Crippen LogP contribution in [0.2, 0.25) is 0 Å². The number of methoxy groups -OCH3 is 2. The van der Waals surface area contributed by atoms with Gasteiger partial charge in [-0.3, -0.25) is 9.59 Å². The van der Waals surface area contributed by atoms with Gasteiger partial charge in [-0.05, 0) is 63.0 Å². The number of para-hydroxylation sites is 1. The van der Waals surface area contributed by atoms with Gasteiger partial charge in [-0.1, -0.05) is 12.1 Å². The Labute approximate surface area is 179 Å². The number of rotatable bonds is 7. The van der Waals surface area contributed by atoms with E-state index < -0.39 is 17.7 Å². The third-order valence-corrected chi connectivity index (χ3v) is 5.18. The zero-order valence-electron chi connectivity index (χ0n) is 15.5. The predicted octanol–water partition coefficient (Wildman–Crippen LogP) is 3.95. The average Bonchev–Trinajstić information content (AvgIpc) is 2.69. The van der Waals surface area contributed by atoms with Crippen LogP contribution in [0.15, 0.2) is 50.4 Å². The van der Waals surface area contributed by atoms with Crippen LogP contribution >= 0.6 is 31.9 Å². The van der Waals surface area contributed by atoms with Gasteiger partial charge in [0, 0.05) is 14.5 Å². The summed E-state index contributed by atoms with van der Waals surface area (Å²) in [7, 11) is 3.07. The Morgan fingerprint density at radius 2 is 1.68 bits per heavy atom. The fraction of sp³-hybridized carbons (Fsp3) is 0.211. The summed E-state index contributed by atoms with van der Waals surface area (Å²) in [6.07, 6.45) is 1.45. The number of carbonyl (C=O) groups excluding carboxylic acids is 2. The Bertz CT molecular complexity index is 903. The molecule has 2 rings (SSSR count). The van der Waals surface area contributed by atoms with Crippen molar-refractivity contribution in [1.29, 1.82) is 0 Å². The lowest BCUT2D eigenvalue weighted by molar-refractivity contribution is -0.131. The number of hydrazone groups is 1. The molecular weight excluding hydrogens is 494 g/mol. The second-order valence-corrected chi connectivity index (χ2v) is 7.36. The third kappa shape index (κ3) is 5.56. The molecule has 0 saturated carbocycles. The van der Waals surface area contributed by atoms with E-state index in [0.29, 0.717) is 27.2 Å². The van der Waals surface area contributed by atoms with Crippen molar-refractivity contribution < 1.29 is 19.1 Å². The molecule has 1 atom stereocenters. The lowest BCUT2D eigenvalue weighted by Crippen LogP contribution is -2.34. The molecule has 2 N–H and O–H groups in total. The molecule has 2 aromatic rings. The molecule has 0 spiro atoms. The van der Waals surface area contributed by atoms with Crippen molar-refractivity contribution in [3.05, 3.63) is 50.9 Å². The van der Waals surface area contributed by atoms with Crippen LogP contribution in [0.1, 0.15) is 12.5 Å². The van der Waals surface area contributed by atoms with Gasteiger partial charge in [0.1, 0.15) is 5.92 Å².